The lowest BCUT2D eigenvalue weighted by Crippen LogP contribution is -2.28. The summed E-state index contributed by atoms with van der Waals surface area (Å²) >= 11 is 0. The Balaban J connectivity index is 3.05. The highest BCUT2D eigenvalue weighted by molar-refractivity contribution is 6.02. The van der Waals surface area contributed by atoms with E-state index in [2.05, 4.69) is 25.9 Å². The number of hydrogen-bond donors (Lipinski definition) is 0. The first-order chi connectivity index (χ1) is 9.50. The maximum absolute atomic E-state index is 12.9. The van der Waals surface area contributed by atoms with Crippen LogP contribution >= 0.6 is 0 Å². The molecule has 0 amide bonds. The van der Waals surface area contributed by atoms with Crippen LogP contribution in [0, 0.1) is 5.41 Å². The predicted molar refractivity (Wildman–Crippen MR) is 81.2 cm³/mol. The largest absolute Gasteiger partial charge is 0.478 e. The van der Waals surface area contributed by atoms with Crippen LogP contribution < -0.4 is 4.74 Å². The summed E-state index contributed by atoms with van der Waals surface area (Å²) in [5.41, 5.74) is 0.320. The molecule has 0 fully saturated rings. The quantitative estimate of drug-likeness (QED) is 0.642. The number of aryl methyl sites for hydroxylation is 1. The van der Waals surface area contributed by atoms with Crippen LogP contribution in [0.1, 0.15) is 70.2 Å². The fraction of sp³-hybridized carbons (Fsp3) is 0.750. The van der Waals surface area contributed by atoms with E-state index in [0.29, 0.717) is 18.1 Å². The van der Waals surface area contributed by atoms with Crippen LogP contribution in [0.15, 0.2) is 6.20 Å². The van der Waals surface area contributed by atoms with Gasteiger partial charge in [0, 0.05) is 12.5 Å². The monoisotopic (exact) mass is 280 g/mol. The van der Waals surface area contributed by atoms with E-state index in [-0.39, 0.29) is 11.2 Å². The SMILES string of the molecule is CCCCC(C)(CCC)C(=O)c1cnn(C)c1OCC. The number of ether oxygens (including phenoxy) is 1. The fourth-order valence-electron chi connectivity index (χ4n) is 2.69. The normalized spacial score (nSPS) is 14.1. The Morgan fingerprint density at radius 2 is 2.00 bits per heavy atom. The molecule has 114 valence electrons. The van der Waals surface area contributed by atoms with Gasteiger partial charge in [0.05, 0.1) is 18.4 Å². The van der Waals surface area contributed by atoms with Crippen LogP contribution in [-0.4, -0.2) is 22.2 Å². The van der Waals surface area contributed by atoms with Crippen molar-refractivity contribution >= 4 is 5.78 Å². The minimum absolute atomic E-state index is 0.171. The number of aromatic nitrogens is 2. The van der Waals surface area contributed by atoms with E-state index >= 15 is 0 Å². The summed E-state index contributed by atoms with van der Waals surface area (Å²) in [6, 6.07) is 0. The molecule has 0 aliphatic heterocycles. The molecule has 1 rings (SSSR count). The Kier molecular flexibility index (Phi) is 6.24. The van der Waals surface area contributed by atoms with Gasteiger partial charge in [-0.15, -0.1) is 0 Å². The van der Waals surface area contributed by atoms with Crippen molar-refractivity contribution in [3.8, 4) is 5.88 Å². The first-order valence-corrected chi connectivity index (χ1v) is 7.69. The number of Topliss-reactive ketones (excluding diaryl/α,β-unsaturated/α-hetero) is 1. The van der Waals surface area contributed by atoms with Crippen LogP contribution in [0.3, 0.4) is 0 Å². The van der Waals surface area contributed by atoms with Crippen LogP contribution in [0.25, 0.3) is 0 Å². The molecule has 0 aliphatic rings. The van der Waals surface area contributed by atoms with Crippen molar-refractivity contribution in [2.75, 3.05) is 6.61 Å². The molecule has 4 nitrogen and oxygen atoms in total. The summed E-state index contributed by atoms with van der Waals surface area (Å²) in [4.78, 5) is 12.9. The predicted octanol–water partition coefficient (Wildman–Crippen LogP) is 4.00. The second kappa shape index (κ2) is 7.46. The molecule has 1 aromatic rings. The van der Waals surface area contributed by atoms with Crippen LogP contribution in [0.5, 0.6) is 5.88 Å². The van der Waals surface area contributed by atoms with E-state index < -0.39 is 0 Å². The van der Waals surface area contributed by atoms with Crippen molar-refractivity contribution in [2.24, 2.45) is 12.5 Å². The van der Waals surface area contributed by atoms with E-state index in [1.807, 2.05) is 14.0 Å². The number of rotatable bonds is 9. The smallest absolute Gasteiger partial charge is 0.222 e. The Hall–Kier alpha value is -1.32. The van der Waals surface area contributed by atoms with Gasteiger partial charge >= 0.3 is 0 Å². The Morgan fingerprint density at radius 3 is 2.55 bits per heavy atom. The number of carbonyl (C=O) groups is 1. The van der Waals surface area contributed by atoms with Gasteiger partial charge in [0.15, 0.2) is 5.78 Å². The Labute approximate surface area is 122 Å². The van der Waals surface area contributed by atoms with Gasteiger partial charge in [0.25, 0.3) is 0 Å². The Morgan fingerprint density at radius 1 is 1.30 bits per heavy atom. The van der Waals surface area contributed by atoms with E-state index in [1.54, 1.807) is 10.9 Å². The van der Waals surface area contributed by atoms with E-state index in [1.165, 1.54) is 0 Å². The fourth-order valence-corrected chi connectivity index (χ4v) is 2.69. The summed E-state index contributed by atoms with van der Waals surface area (Å²) in [5, 5.41) is 4.18. The maximum atomic E-state index is 12.9. The van der Waals surface area contributed by atoms with Gasteiger partial charge in [-0.05, 0) is 19.8 Å². The molecule has 1 atom stereocenters. The third-order valence-corrected chi connectivity index (χ3v) is 3.84. The minimum Gasteiger partial charge on any atom is -0.478 e. The number of unbranched alkanes of at least 4 members (excludes halogenated alkanes) is 1. The minimum atomic E-state index is -0.306. The van der Waals surface area contributed by atoms with Crippen molar-refractivity contribution in [1.29, 1.82) is 0 Å². The highest BCUT2D eigenvalue weighted by Gasteiger charge is 2.35. The van der Waals surface area contributed by atoms with Gasteiger partial charge in [-0.1, -0.05) is 40.0 Å². The van der Waals surface area contributed by atoms with Gasteiger partial charge in [-0.2, -0.15) is 5.10 Å². The number of hydrogen-bond acceptors (Lipinski definition) is 3. The van der Waals surface area contributed by atoms with Gasteiger partial charge < -0.3 is 4.74 Å². The van der Waals surface area contributed by atoms with Crippen molar-refractivity contribution < 1.29 is 9.53 Å². The van der Waals surface area contributed by atoms with E-state index in [9.17, 15) is 4.79 Å². The molecule has 20 heavy (non-hydrogen) atoms. The van der Waals surface area contributed by atoms with Crippen molar-refractivity contribution in [3.63, 3.8) is 0 Å². The lowest BCUT2D eigenvalue weighted by Gasteiger charge is -2.27. The highest BCUT2D eigenvalue weighted by Crippen LogP contribution is 2.36. The number of nitrogens with zero attached hydrogens (tertiary/aromatic N) is 2. The number of carbonyl (C=O) groups excluding carboxylic acids is 1. The van der Waals surface area contributed by atoms with Crippen LogP contribution in [0.4, 0.5) is 0 Å². The highest BCUT2D eigenvalue weighted by atomic mass is 16.5. The average molecular weight is 280 g/mol. The lowest BCUT2D eigenvalue weighted by molar-refractivity contribution is 0.0777. The third kappa shape index (κ3) is 3.62. The topological polar surface area (TPSA) is 44.1 Å². The third-order valence-electron chi connectivity index (χ3n) is 3.84. The second-order valence-electron chi connectivity index (χ2n) is 5.66. The summed E-state index contributed by atoms with van der Waals surface area (Å²) in [5.74, 6) is 0.765. The van der Waals surface area contributed by atoms with Gasteiger partial charge in [0.2, 0.25) is 5.88 Å². The summed E-state index contributed by atoms with van der Waals surface area (Å²) in [6.07, 6.45) is 6.68. The number of ketones is 1. The molecule has 1 aromatic heterocycles. The zero-order valence-corrected chi connectivity index (χ0v) is 13.5. The van der Waals surface area contributed by atoms with Crippen LogP contribution in [-0.2, 0) is 7.05 Å². The molecule has 0 bridgehead atoms. The standard InChI is InChI=1S/C16H28N2O2/c1-6-9-11-16(4,10-7-2)14(19)13-12-17-18(5)15(13)20-8-3/h12H,6-11H2,1-5H3. The molecule has 1 unspecified atom stereocenters. The molecule has 0 radical (unpaired) electrons. The molecule has 0 N–H and O–H groups in total. The van der Waals surface area contributed by atoms with Gasteiger partial charge in [-0.3, -0.25) is 4.79 Å². The molecule has 1 heterocycles. The first kappa shape index (κ1) is 16.7. The molecular weight excluding hydrogens is 252 g/mol. The first-order valence-electron chi connectivity index (χ1n) is 7.69. The van der Waals surface area contributed by atoms with Gasteiger partial charge in [0.1, 0.15) is 0 Å². The molecule has 4 heteroatoms. The van der Waals surface area contributed by atoms with E-state index in [0.717, 1.165) is 32.1 Å². The molecule has 0 saturated carbocycles. The molecule has 0 spiro atoms. The Bertz CT molecular complexity index is 440. The van der Waals surface area contributed by atoms with E-state index in [4.69, 9.17) is 4.74 Å². The van der Waals surface area contributed by atoms with Crippen molar-refractivity contribution in [1.82, 2.24) is 9.78 Å². The molecule has 0 saturated heterocycles. The van der Waals surface area contributed by atoms with Gasteiger partial charge in [-0.25, -0.2) is 4.68 Å². The average Bonchev–Trinajstić information content (AvgIpc) is 2.78. The zero-order valence-electron chi connectivity index (χ0n) is 13.5. The summed E-state index contributed by atoms with van der Waals surface area (Å²) < 4.78 is 7.23. The summed E-state index contributed by atoms with van der Waals surface area (Å²) in [7, 11) is 1.81. The summed E-state index contributed by atoms with van der Waals surface area (Å²) in [6.45, 7) is 8.83. The van der Waals surface area contributed by atoms with Crippen molar-refractivity contribution in [2.45, 2.75) is 59.8 Å². The molecular formula is C16H28N2O2. The molecule has 0 aromatic carbocycles. The lowest BCUT2D eigenvalue weighted by atomic mass is 9.75. The zero-order chi connectivity index (χ0) is 15.2. The molecule has 0 aliphatic carbocycles. The maximum Gasteiger partial charge on any atom is 0.222 e. The van der Waals surface area contributed by atoms with Crippen molar-refractivity contribution in [3.05, 3.63) is 11.8 Å². The second-order valence-corrected chi connectivity index (χ2v) is 5.66. The van der Waals surface area contributed by atoms with Crippen LogP contribution in [0.2, 0.25) is 0 Å².